The largest absolute Gasteiger partial charge is 0.339 e. The monoisotopic (exact) mass is 411 g/mol. The van der Waals surface area contributed by atoms with Crippen molar-refractivity contribution in [3.05, 3.63) is 22.2 Å². The zero-order chi connectivity index (χ0) is 20.3. The van der Waals surface area contributed by atoms with E-state index in [4.69, 9.17) is 0 Å². The smallest absolute Gasteiger partial charge is 0.257 e. The van der Waals surface area contributed by atoms with Crippen LogP contribution in [0.4, 0.5) is 0 Å². The molecule has 26 heavy (non-hydrogen) atoms. The minimum Gasteiger partial charge on any atom is -0.339 e. The van der Waals surface area contributed by atoms with E-state index in [9.17, 15) is 4.79 Å². The molecule has 1 aromatic heterocycles. The lowest BCUT2D eigenvalue weighted by Crippen LogP contribution is -2.39. The van der Waals surface area contributed by atoms with Crippen LogP contribution in [0.2, 0.25) is 51.4 Å². The van der Waals surface area contributed by atoms with Crippen LogP contribution in [0.25, 0.3) is 0 Å². The summed E-state index contributed by atoms with van der Waals surface area (Å²) in [6, 6.07) is 2.39. The second-order valence-electron chi connectivity index (χ2n) is 10.8. The van der Waals surface area contributed by atoms with E-state index in [1.165, 1.54) is 23.2 Å². The molecule has 1 aromatic rings. The maximum absolute atomic E-state index is 13.5. The summed E-state index contributed by atoms with van der Waals surface area (Å²) in [6.07, 6.45) is 0. The van der Waals surface area contributed by atoms with Gasteiger partial charge in [-0.15, -0.1) is 8.19 Å². The first-order valence-corrected chi connectivity index (χ1v) is 18.7. The summed E-state index contributed by atoms with van der Waals surface area (Å²) < 4.78 is 0. The third-order valence-corrected chi connectivity index (χ3v) is 9.59. The van der Waals surface area contributed by atoms with Gasteiger partial charge in [0.25, 0.3) is 5.91 Å². The molecule has 0 saturated heterocycles. The summed E-state index contributed by atoms with van der Waals surface area (Å²) in [5, 5.41) is 1.11. The molecule has 1 rings (SSSR count). The molecular weight excluding hydrogens is 369 g/mol. The SMILES string of the molecule is CC(C)c1c[pH]c(C(=O)N(CC[Si](C)(C)C)CC[Si](C)(C)C)c1C(C)C. The van der Waals surface area contributed by atoms with Crippen molar-refractivity contribution in [1.29, 1.82) is 0 Å². The van der Waals surface area contributed by atoms with Gasteiger partial charge >= 0.3 is 0 Å². The van der Waals surface area contributed by atoms with Gasteiger partial charge in [0.1, 0.15) is 0 Å². The number of nitrogens with zero attached hydrogens (tertiary/aromatic N) is 1. The van der Waals surface area contributed by atoms with Crippen LogP contribution in [-0.2, 0) is 0 Å². The average Bonchev–Trinajstić information content (AvgIpc) is 2.89. The Bertz CT molecular complexity index is 576. The highest BCUT2D eigenvalue weighted by Gasteiger charge is 2.27. The fourth-order valence-electron chi connectivity index (χ4n) is 3.14. The zero-order valence-corrected chi connectivity index (χ0v) is 21.9. The molecule has 1 amide bonds. The summed E-state index contributed by atoms with van der Waals surface area (Å²) in [4.78, 5) is 15.7. The van der Waals surface area contributed by atoms with E-state index >= 15 is 0 Å². The number of hydrogen-bond acceptors (Lipinski definition) is 1. The lowest BCUT2D eigenvalue weighted by Gasteiger charge is -2.29. The molecule has 1 atom stereocenters. The molecule has 5 heteroatoms. The van der Waals surface area contributed by atoms with Gasteiger partial charge in [0.05, 0.1) is 5.30 Å². The molecule has 2 nitrogen and oxygen atoms in total. The van der Waals surface area contributed by atoms with E-state index < -0.39 is 16.1 Å². The van der Waals surface area contributed by atoms with Gasteiger partial charge in [0.2, 0.25) is 0 Å². The van der Waals surface area contributed by atoms with Crippen LogP contribution in [-0.4, -0.2) is 40.0 Å². The highest BCUT2D eigenvalue weighted by Crippen LogP contribution is 2.37. The first-order chi connectivity index (χ1) is 11.7. The van der Waals surface area contributed by atoms with Gasteiger partial charge in [0.15, 0.2) is 0 Å². The Morgan fingerprint density at radius 3 is 1.73 bits per heavy atom. The highest BCUT2D eigenvalue weighted by atomic mass is 31.0. The molecule has 0 bridgehead atoms. The minimum atomic E-state index is -1.16. The highest BCUT2D eigenvalue weighted by molar-refractivity contribution is 7.32. The van der Waals surface area contributed by atoms with Crippen LogP contribution in [0.15, 0.2) is 5.80 Å². The Hall–Kier alpha value is -0.316. The second kappa shape index (κ2) is 9.25. The van der Waals surface area contributed by atoms with E-state index in [0.717, 1.165) is 18.4 Å². The molecular formula is C21H42NOPSi2. The van der Waals surface area contributed by atoms with Crippen LogP contribution in [0.3, 0.4) is 0 Å². The standard InChI is InChI=1S/C21H42NOPSi2/c1-16(2)18-15-24-20(19(18)17(3)4)21(23)22(11-13-25(5,6)7)12-14-26(8,9)10/h15-17,24H,11-14H2,1-10H3. The fourth-order valence-corrected chi connectivity index (χ4v) is 6.68. The third-order valence-electron chi connectivity index (χ3n) is 4.92. The number of amides is 1. The van der Waals surface area contributed by atoms with Crippen LogP contribution in [0, 0.1) is 0 Å². The molecule has 0 radical (unpaired) electrons. The number of rotatable bonds is 9. The van der Waals surface area contributed by atoms with Crippen molar-refractivity contribution in [2.24, 2.45) is 0 Å². The molecule has 0 aliphatic carbocycles. The van der Waals surface area contributed by atoms with E-state index in [2.05, 4.69) is 77.7 Å². The lowest BCUT2D eigenvalue weighted by atomic mass is 9.92. The Morgan fingerprint density at radius 1 is 0.923 bits per heavy atom. The van der Waals surface area contributed by atoms with E-state index in [1.54, 1.807) is 0 Å². The van der Waals surface area contributed by atoms with Crippen molar-refractivity contribution < 1.29 is 4.79 Å². The Labute approximate surface area is 166 Å². The predicted molar refractivity (Wildman–Crippen MR) is 126 cm³/mol. The zero-order valence-electron chi connectivity index (χ0n) is 18.9. The van der Waals surface area contributed by atoms with Crippen molar-refractivity contribution >= 4 is 30.2 Å². The van der Waals surface area contributed by atoms with Crippen LogP contribution in [0.5, 0.6) is 0 Å². The Morgan fingerprint density at radius 2 is 1.38 bits per heavy atom. The average molecular weight is 412 g/mol. The molecule has 1 heterocycles. The Balaban J connectivity index is 3.14. The molecule has 0 aliphatic rings. The Kier molecular flexibility index (Phi) is 8.44. The molecule has 1 unspecified atom stereocenters. The quantitative estimate of drug-likeness (QED) is 0.397. The van der Waals surface area contributed by atoms with Crippen molar-refractivity contribution in [3.8, 4) is 0 Å². The van der Waals surface area contributed by atoms with Crippen LogP contribution in [0.1, 0.15) is 60.7 Å². The van der Waals surface area contributed by atoms with Crippen molar-refractivity contribution in [1.82, 2.24) is 4.90 Å². The van der Waals surface area contributed by atoms with Crippen LogP contribution >= 0.6 is 8.19 Å². The first kappa shape index (κ1) is 23.7. The number of carbonyl (C=O) groups is 1. The van der Waals surface area contributed by atoms with Crippen LogP contribution < -0.4 is 0 Å². The second-order valence-corrected chi connectivity index (χ2v) is 23.1. The van der Waals surface area contributed by atoms with E-state index in [-0.39, 0.29) is 0 Å². The van der Waals surface area contributed by atoms with Gasteiger partial charge < -0.3 is 4.90 Å². The lowest BCUT2D eigenvalue weighted by molar-refractivity contribution is 0.0775. The van der Waals surface area contributed by atoms with Crippen molar-refractivity contribution in [3.63, 3.8) is 0 Å². The van der Waals surface area contributed by atoms with Gasteiger partial charge in [-0.3, -0.25) is 4.79 Å². The van der Waals surface area contributed by atoms with Gasteiger partial charge in [-0.05, 0) is 40.8 Å². The molecule has 0 saturated carbocycles. The topological polar surface area (TPSA) is 20.3 Å². The molecule has 0 spiro atoms. The van der Waals surface area contributed by atoms with E-state index in [0.29, 0.717) is 25.9 Å². The summed E-state index contributed by atoms with van der Waals surface area (Å²) >= 11 is 0. The summed E-state index contributed by atoms with van der Waals surface area (Å²) in [5.74, 6) is 3.59. The first-order valence-electron chi connectivity index (χ1n) is 10.2. The summed E-state index contributed by atoms with van der Waals surface area (Å²) in [5.41, 5.74) is 2.76. The van der Waals surface area contributed by atoms with Crippen molar-refractivity contribution in [2.75, 3.05) is 13.1 Å². The van der Waals surface area contributed by atoms with E-state index in [1.807, 2.05) is 0 Å². The van der Waals surface area contributed by atoms with Gasteiger partial charge in [-0.25, -0.2) is 0 Å². The maximum Gasteiger partial charge on any atom is 0.257 e. The summed E-state index contributed by atoms with van der Waals surface area (Å²) in [6.45, 7) is 25.3. The fraction of sp³-hybridized carbons (Fsp3) is 0.762. The van der Waals surface area contributed by atoms with Crippen molar-refractivity contribution in [2.45, 2.75) is 90.9 Å². The molecule has 0 aromatic carbocycles. The number of hydrogen-bond donors (Lipinski definition) is 0. The molecule has 0 N–H and O–H groups in total. The molecule has 0 fully saturated rings. The normalized spacial score (nSPS) is 13.2. The minimum absolute atomic E-state index is 0.329. The molecule has 0 aliphatic heterocycles. The predicted octanol–water partition coefficient (Wildman–Crippen LogP) is 7.08. The number of carbonyl (C=O) groups excluding carboxylic acids is 1. The van der Waals surface area contributed by atoms with Gasteiger partial charge in [-0.2, -0.15) is 0 Å². The third kappa shape index (κ3) is 7.36. The van der Waals surface area contributed by atoms with Gasteiger partial charge in [-0.1, -0.05) is 67.0 Å². The summed E-state index contributed by atoms with van der Waals surface area (Å²) in [7, 11) is -1.77. The molecule has 150 valence electrons. The van der Waals surface area contributed by atoms with Gasteiger partial charge in [0, 0.05) is 29.2 Å². The maximum atomic E-state index is 13.5.